The fourth-order valence-corrected chi connectivity index (χ4v) is 3.24. The summed E-state index contributed by atoms with van der Waals surface area (Å²) in [5, 5.41) is 7.60. The molecule has 0 aliphatic carbocycles. The van der Waals surface area contributed by atoms with Crippen LogP contribution in [0.5, 0.6) is 5.88 Å². The second-order valence-corrected chi connectivity index (χ2v) is 6.08. The quantitative estimate of drug-likeness (QED) is 0.714. The molecule has 0 aromatic carbocycles. The monoisotopic (exact) mass is 350 g/mol. The largest absolute Gasteiger partial charge is 0.479 e. The Morgan fingerprint density at radius 1 is 1.20 bits per heavy atom. The van der Waals surface area contributed by atoms with Crippen molar-refractivity contribution < 1.29 is 28.4 Å². The number of carbonyl (C=O) groups excluding carboxylic acids is 2. The van der Waals surface area contributed by atoms with Gasteiger partial charge in [-0.2, -0.15) is 0 Å². The van der Waals surface area contributed by atoms with Crippen LogP contribution in [0.3, 0.4) is 0 Å². The van der Waals surface area contributed by atoms with Crippen LogP contribution in [-0.2, 0) is 14.4 Å². The number of carbonyl (C=O) groups is 2. The molecule has 0 unspecified atom stereocenters. The van der Waals surface area contributed by atoms with Crippen LogP contribution >= 0.6 is 0 Å². The highest BCUT2D eigenvalue weighted by molar-refractivity contribution is 6.40. The fraction of sp³-hybridized carbons (Fsp3) is 0.600. The molecule has 0 bridgehead atoms. The molecule has 3 aliphatic rings. The number of methoxy groups -OCH3 is 1. The van der Waals surface area contributed by atoms with Crippen molar-refractivity contribution >= 4 is 17.5 Å². The number of fused-ring (bicyclic) bond motifs is 1. The van der Waals surface area contributed by atoms with E-state index in [4.69, 9.17) is 18.8 Å². The van der Waals surface area contributed by atoms with E-state index < -0.39 is 0 Å². The van der Waals surface area contributed by atoms with E-state index in [0.29, 0.717) is 45.1 Å². The molecule has 2 saturated heterocycles. The van der Waals surface area contributed by atoms with Gasteiger partial charge in [0.15, 0.2) is 11.8 Å². The average molecular weight is 350 g/mol. The molecule has 0 saturated carbocycles. The highest BCUT2D eigenvalue weighted by atomic mass is 16.6. The van der Waals surface area contributed by atoms with Crippen molar-refractivity contribution in [2.24, 2.45) is 11.1 Å². The number of likely N-dealkylation sites (tertiary alicyclic amines) is 1. The van der Waals surface area contributed by atoms with Gasteiger partial charge < -0.3 is 28.6 Å². The number of aromatic nitrogens is 1. The number of amides is 2. The van der Waals surface area contributed by atoms with Crippen molar-refractivity contribution in [1.29, 1.82) is 0 Å². The molecular weight excluding hydrogens is 332 g/mol. The average Bonchev–Trinajstić information content (AvgIpc) is 3.36. The summed E-state index contributed by atoms with van der Waals surface area (Å²) in [5.74, 6) is -0.360. The lowest BCUT2D eigenvalue weighted by Gasteiger charge is -2.27. The van der Waals surface area contributed by atoms with Gasteiger partial charge in [0.25, 0.3) is 17.7 Å². The number of oxime groups is 1. The Morgan fingerprint density at radius 3 is 2.72 bits per heavy atom. The Bertz CT molecular complexity index is 711. The molecule has 25 heavy (non-hydrogen) atoms. The van der Waals surface area contributed by atoms with E-state index in [1.807, 2.05) is 0 Å². The zero-order chi connectivity index (χ0) is 17.4. The van der Waals surface area contributed by atoms with Crippen molar-refractivity contribution in [3.05, 3.63) is 11.8 Å². The van der Waals surface area contributed by atoms with Crippen LogP contribution in [0, 0.1) is 5.92 Å². The summed E-state index contributed by atoms with van der Waals surface area (Å²) in [4.78, 5) is 33.8. The molecule has 3 aliphatic heterocycles. The normalized spacial score (nSPS) is 25.4. The first-order chi connectivity index (χ1) is 12.2. The van der Waals surface area contributed by atoms with Gasteiger partial charge in [-0.15, -0.1) is 0 Å². The van der Waals surface area contributed by atoms with Gasteiger partial charge in [0.05, 0.1) is 38.9 Å². The zero-order valence-corrected chi connectivity index (χ0v) is 13.7. The SMILES string of the molecule is COc1cc(C(=O)N2C[C@@H]3C(C(=O)N4CCOCC4)=NO[C@@H]3C2)on1. The molecular formula is C15H18N4O6. The molecule has 10 heteroatoms. The van der Waals surface area contributed by atoms with Gasteiger partial charge in [0.1, 0.15) is 0 Å². The van der Waals surface area contributed by atoms with Crippen LogP contribution in [0.15, 0.2) is 15.7 Å². The predicted octanol–water partition coefficient (Wildman–Crippen LogP) is -0.631. The van der Waals surface area contributed by atoms with E-state index in [1.54, 1.807) is 9.80 Å². The molecule has 4 rings (SSSR count). The number of ether oxygens (including phenoxy) is 2. The van der Waals surface area contributed by atoms with Crippen LogP contribution < -0.4 is 4.74 Å². The summed E-state index contributed by atoms with van der Waals surface area (Å²) >= 11 is 0. The molecule has 0 spiro atoms. The minimum Gasteiger partial charge on any atom is -0.479 e. The maximum atomic E-state index is 12.6. The molecule has 134 valence electrons. The fourth-order valence-electron chi connectivity index (χ4n) is 3.24. The molecule has 1 aromatic rings. The first-order valence-electron chi connectivity index (χ1n) is 8.08. The molecule has 1 aromatic heterocycles. The molecule has 10 nitrogen and oxygen atoms in total. The standard InChI is InChI=1S/C15H18N4O6/c1-22-12-6-10(24-16-12)14(20)19-7-9-11(8-19)25-17-13(9)15(21)18-2-4-23-5-3-18/h6,9,11H,2-5,7-8H2,1H3/t9-,11+/m0/s1. The Balaban J connectivity index is 1.43. The highest BCUT2D eigenvalue weighted by Gasteiger charge is 2.47. The highest BCUT2D eigenvalue weighted by Crippen LogP contribution is 2.29. The Labute approximate surface area is 143 Å². The minimum atomic E-state index is -0.313. The second kappa shape index (κ2) is 6.36. The second-order valence-electron chi connectivity index (χ2n) is 6.08. The number of morpholine rings is 1. The Kier molecular flexibility index (Phi) is 4.04. The number of nitrogens with zero attached hydrogens (tertiary/aromatic N) is 4. The molecule has 0 radical (unpaired) electrons. The maximum Gasteiger partial charge on any atom is 0.292 e. The first kappa shape index (κ1) is 15.9. The van der Waals surface area contributed by atoms with Crippen molar-refractivity contribution in [2.75, 3.05) is 46.5 Å². The third-order valence-corrected chi connectivity index (χ3v) is 4.62. The van der Waals surface area contributed by atoms with Gasteiger partial charge in [-0.1, -0.05) is 5.16 Å². The van der Waals surface area contributed by atoms with Crippen LogP contribution in [0.25, 0.3) is 0 Å². The van der Waals surface area contributed by atoms with Gasteiger partial charge in [0, 0.05) is 19.6 Å². The summed E-state index contributed by atoms with van der Waals surface area (Å²) in [6.45, 7) is 2.81. The molecule has 2 amide bonds. The van der Waals surface area contributed by atoms with Gasteiger partial charge in [-0.25, -0.2) is 0 Å². The van der Waals surface area contributed by atoms with E-state index in [-0.39, 0.29) is 35.5 Å². The van der Waals surface area contributed by atoms with Gasteiger partial charge in [0.2, 0.25) is 5.76 Å². The zero-order valence-electron chi connectivity index (χ0n) is 13.7. The van der Waals surface area contributed by atoms with E-state index in [2.05, 4.69) is 10.3 Å². The Morgan fingerprint density at radius 2 is 2.00 bits per heavy atom. The van der Waals surface area contributed by atoms with E-state index in [9.17, 15) is 9.59 Å². The lowest BCUT2D eigenvalue weighted by atomic mass is 10.00. The molecule has 4 heterocycles. The van der Waals surface area contributed by atoms with Crippen LogP contribution in [0.4, 0.5) is 0 Å². The summed E-state index contributed by atoms with van der Waals surface area (Å²) in [6.07, 6.45) is -0.311. The van der Waals surface area contributed by atoms with Gasteiger partial charge in [-0.05, 0) is 5.16 Å². The van der Waals surface area contributed by atoms with Crippen LogP contribution in [0.1, 0.15) is 10.6 Å². The number of rotatable bonds is 3. The van der Waals surface area contributed by atoms with Crippen LogP contribution in [-0.4, -0.2) is 85.1 Å². The summed E-state index contributed by atoms with van der Waals surface area (Å²) in [6, 6.07) is 1.44. The smallest absolute Gasteiger partial charge is 0.292 e. The lowest BCUT2D eigenvalue weighted by Crippen LogP contribution is -2.46. The third-order valence-electron chi connectivity index (χ3n) is 4.62. The van der Waals surface area contributed by atoms with Gasteiger partial charge >= 0.3 is 0 Å². The molecule has 0 N–H and O–H groups in total. The first-order valence-corrected chi connectivity index (χ1v) is 8.08. The van der Waals surface area contributed by atoms with E-state index >= 15 is 0 Å². The molecule has 2 fully saturated rings. The van der Waals surface area contributed by atoms with Crippen molar-refractivity contribution in [3.63, 3.8) is 0 Å². The van der Waals surface area contributed by atoms with Crippen molar-refractivity contribution in [3.8, 4) is 5.88 Å². The third kappa shape index (κ3) is 2.82. The lowest BCUT2D eigenvalue weighted by molar-refractivity contribution is -0.128. The number of hydrogen-bond acceptors (Lipinski definition) is 8. The van der Waals surface area contributed by atoms with Gasteiger partial charge in [-0.3, -0.25) is 9.59 Å². The summed E-state index contributed by atoms with van der Waals surface area (Å²) in [7, 11) is 1.44. The number of hydrogen-bond donors (Lipinski definition) is 0. The summed E-state index contributed by atoms with van der Waals surface area (Å²) in [5.41, 5.74) is 0.373. The van der Waals surface area contributed by atoms with E-state index in [1.165, 1.54) is 13.2 Å². The maximum absolute atomic E-state index is 12.6. The van der Waals surface area contributed by atoms with Crippen molar-refractivity contribution in [2.45, 2.75) is 6.10 Å². The minimum absolute atomic E-state index is 0.0924. The van der Waals surface area contributed by atoms with Crippen LogP contribution in [0.2, 0.25) is 0 Å². The van der Waals surface area contributed by atoms with E-state index in [0.717, 1.165) is 0 Å². The van der Waals surface area contributed by atoms with Crippen molar-refractivity contribution in [1.82, 2.24) is 15.0 Å². The summed E-state index contributed by atoms with van der Waals surface area (Å²) < 4.78 is 15.2. The topological polar surface area (TPSA) is 107 Å². The Hall–Kier alpha value is -2.62. The molecule has 2 atom stereocenters. The predicted molar refractivity (Wildman–Crippen MR) is 82.2 cm³/mol.